The van der Waals surface area contributed by atoms with E-state index in [1.165, 1.54) is 4.90 Å². The van der Waals surface area contributed by atoms with E-state index >= 15 is 0 Å². The fourth-order valence-corrected chi connectivity index (χ4v) is 6.32. The molecule has 1 spiro atoms. The molecule has 6 rings (SSSR count). The third-order valence-electron chi connectivity index (χ3n) is 7.46. The SMILES string of the molecule is O=C1[C@H]2[C@@H](C(=O)N1CCc1ccccc1)[C@]1(C(=O)Nc3ccccc31)N1CCC[C@@H]21. The number of nitrogens with zero attached hydrogens (tertiary/aromatic N) is 2. The lowest BCUT2D eigenvalue weighted by molar-refractivity contribution is -0.145. The maximum absolute atomic E-state index is 13.7. The molecule has 3 saturated heterocycles. The smallest absolute Gasteiger partial charge is 0.250 e. The molecule has 6 nitrogen and oxygen atoms in total. The van der Waals surface area contributed by atoms with Crippen LogP contribution in [0, 0.1) is 11.8 Å². The minimum atomic E-state index is -1.06. The molecule has 1 N–H and O–H groups in total. The lowest BCUT2D eigenvalue weighted by atomic mass is 9.75. The van der Waals surface area contributed by atoms with Gasteiger partial charge < -0.3 is 5.32 Å². The van der Waals surface area contributed by atoms with Crippen LogP contribution < -0.4 is 5.32 Å². The van der Waals surface area contributed by atoms with Gasteiger partial charge in [-0.15, -0.1) is 0 Å². The zero-order chi connectivity index (χ0) is 20.5. The Morgan fingerprint density at radius 3 is 2.57 bits per heavy atom. The van der Waals surface area contributed by atoms with Gasteiger partial charge in [0, 0.05) is 23.8 Å². The van der Waals surface area contributed by atoms with Crippen LogP contribution in [-0.2, 0) is 26.3 Å². The van der Waals surface area contributed by atoms with Gasteiger partial charge in [-0.05, 0) is 37.4 Å². The summed E-state index contributed by atoms with van der Waals surface area (Å²) in [7, 11) is 0. The van der Waals surface area contributed by atoms with Gasteiger partial charge in [0.1, 0.15) is 5.54 Å². The van der Waals surface area contributed by atoms with Gasteiger partial charge in [-0.25, -0.2) is 0 Å². The van der Waals surface area contributed by atoms with Crippen molar-refractivity contribution in [2.45, 2.75) is 30.8 Å². The molecule has 2 aromatic carbocycles. The quantitative estimate of drug-likeness (QED) is 0.801. The third-order valence-corrected chi connectivity index (χ3v) is 7.46. The van der Waals surface area contributed by atoms with E-state index in [1.54, 1.807) is 0 Å². The number of fused-ring (bicyclic) bond motifs is 7. The van der Waals surface area contributed by atoms with Crippen molar-refractivity contribution < 1.29 is 14.4 Å². The minimum absolute atomic E-state index is 0.0509. The highest BCUT2D eigenvalue weighted by molar-refractivity contribution is 6.15. The average Bonchev–Trinajstić information content (AvgIpc) is 3.46. The van der Waals surface area contributed by atoms with Gasteiger partial charge in [-0.3, -0.25) is 24.2 Å². The highest BCUT2D eigenvalue weighted by Crippen LogP contribution is 2.60. The Hall–Kier alpha value is -2.99. The number of anilines is 1. The van der Waals surface area contributed by atoms with Crippen molar-refractivity contribution >= 4 is 23.4 Å². The number of imide groups is 1. The van der Waals surface area contributed by atoms with Gasteiger partial charge in [0.25, 0.3) is 0 Å². The van der Waals surface area contributed by atoms with Gasteiger partial charge in [-0.1, -0.05) is 48.5 Å². The summed E-state index contributed by atoms with van der Waals surface area (Å²) in [6, 6.07) is 17.5. The van der Waals surface area contributed by atoms with E-state index < -0.39 is 17.4 Å². The molecule has 6 heteroatoms. The Morgan fingerprint density at radius 1 is 0.967 bits per heavy atom. The first kappa shape index (κ1) is 17.8. The van der Waals surface area contributed by atoms with E-state index in [0.717, 1.165) is 36.2 Å². The topological polar surface area (TPSA) is 69.7 Å². The van der Waals surface area contributed by atoms with Gasteiger partial charge in [0.05, 0.1) is 11.8 Å². The Balaban J connectivity index is 1.42. The Labute approximate surface area is 174 Å². The number of nitrogens with one attached hydrogen (secondary N) is 1. The summed E-state index contributed by atoms with van der Waals surface area (Å²) < 4.78 is 0. The lowest BCUT2D eigenvalue weighted by Gasteiger charge is -2.36. The van der Waals surface area contributed by atoms with Crippen molar-refractivity contribution in [3.8, 4) is 0 Å². The first-order chi connectivity index (χ1) is 14.6. The van der Waals surface area contributed by atoms with Crippen LogP contribution in [0.4, 0.5) is 5.69 Å². The van der Waals surface area contributed by atoms with E-state index in [-0.39, 0.29) is 23.8 Å². The summed E-state index contributed by atoms with van der Waals surface area (Å²) in [5, 5.41) is 3.00. The number of carbonyl (C=O) groups is 3. The largest absolute Gasteiger partial charge is 0.324 e. The van der Waals surface area contributed by atoms with Crippen LogP contribution in [0.1, 0.15) is 24.0 Å². The number of para-hydroxylation sites is 1. The molecule has 0 unspecified atom stereocenters. The predicted molar refractivity (Wildman–Crippen MR) is 110 cm³/mol. The fourth-order valence-electron chi connectivity index (χ4n) is 6.32. The molecular formula is C24H23N3O3. The van der Waals surface area contributed by atoms with E-state index in [1.807, 2.05) is 54.6 Å². The molecule has 152 valence electrons. The number of likely N-dealkylation sites (tertiary alicyclic amines) is 1. The first-order valence-corrected chi connectivity index (χ1v) is 10.7. The van der Waals surface area contributed by atoms with Gasteiger partial charge in [0.2, 0.25) is 17.7 Å². The molecule has 0 bridgehead atoms. The second-order valence-corrected chi connectivity index (χ2v) is 8.74. The number of carbonyl (C=O) groups excluding carboxylic acids is 3. The molecule has 4 aliphatic heterocycles. The maximum atomic E-state index is 13.7. The normalized spacial score (nSPS) is 31.9. The van der Waals surface area contributed by atoms with Crippen LogP contribution in [0.15, 0.2) is 54.6 Å². The predicted octanol–water partition coefficient (Wildman–Crippen LogP) is 2.16. The molecule has 0 aromatic heterocycles. The molecule has 4 heterocycles. The van der Waals surface area contributed by atoms with Crippen LogP contribution in [0.25, 0.3) is 0 Å². The summed E-state index contributed by atoms with van der Waals surface area (Å²) in [5.41, 5.74) is 1.64. The van der Waals surface area contributed by atoms with Crippen LogP contribution in [0.5, 0.6) is 0 Å². The van der Waals surface area contributed by atoms with Crippen molar-refractivity contribution in [1.82, 2.24) is 9.80 Å². The summed E-state index contributed by atoms with van der Waals surface area (Å²) in [4.78, 5) is 44.2. The minimum Gasteiger partial charge on any atom is -0.324 e. The average molecular weight is 401 g/mol. The molecule has 0 saturated carbocycles. The van der Waals surface area contributed by atoms with E-state index in [0.29, 0.717) is 13.0 Å². The van der Waals surface area contributed by atoms with Crippen LogP contribution in [0.3, 0.4) is 0 Å². The molecule has 4 aliphatic rings. The summed E-state index contributed by atoms with van der Waals surface area (Å²) in [6.07, 6.45) is 2.42. The molecule has 3 amide bonds. The van der Waals surface area contributed by atoms with Crippen molar-refractivity contribution in [2.75, 3.05) is 18.4 Å². The van der Waals surface area contributed by atoms with E-state index in [2.05, 4.69) is 10.2 Å². The van der Waals surface area contributed by atoms with Crippen LogP contribution in [0.2, 0.25) is 0 Å². The van der Waals surface area contributed by atoms with Crippen molar-refractivity contribution in [3.05, 3.63) is 65.7 Å². The van der Waals surface area contributed by atoms with Gasteiger partial charge >= 0.3 is 0 Å². The van der Waals surface area contributed by atoms with E-state index in [4.69, 9.17) is 0 Å². The van der Waals surface area contributed by atoms with Crippen molar-refractivity contribution in [1.29, 1.82) is 0 Å². The molecular weight excluding hydrogens is 378 g/mol. The second kappa shape index (κ2) is 6.25. The number of rotatable bonds is 3. The number of hydrogen-bond acceptors (Lipinski definition) is 4. The van der Waals surface area contributed by atoms with E-state index in [9.17, 15) is 14.4 Å². The molecule has 3 fully saturated rings. The van der Waals surface area contributed by atoms with Crippen LogP contribution >= 0.6 is 0 Å². The van der Waals surface area contributed by atoms with Gasteiger partial charge in [-0.2, -0.15) is 0 Å². The highest BCUT2D eigenvalue weighted by Gasteiger charge is 2.74. The Morgan fingerprint density at radius 2 is 1.73 bits per heavy atom. The Bertz CT molecular complexity index is 1070. The first-order valence-electron chi connectivity index (χ1n) is 10.7. The highest BCUT2D eigenvalue weighted by atomic mass is 16.2. The molecule has 30 heavy (non-hydrogen) atoms. The zero-order valence-electron chi connectivity index (χ0n) is 16.6. The van der Waals surface area contributed by atoms with Crippen molar-refractivity contribution in [3.63, 3.8) is 0 Å². The monoisotopic (exact) mass is 401 g/mol. The zero-order valence-corrected chi connectivity index (χ0v) is 16.6. The summed E-state index contributed by atoms with van der Waals surface area (Å²) >= 11 is 0. The summed E-state index contributed by atoms with van der Waals surface area (Å²) in [6.45, 7) is 1.10. The molecule has 4 atom stereocenters. The summed E-state index contributed by atoms with van der Waals surface area (Å²) in [5.74, 6) is -1.54. The maximum Gasteiger partial charge on any atom is 0.250 e. The standard InChI is InChI=1S/C24H23N3O3/c28-21-19-18-11-6-13-27(18)24(16-9-4-5-10-17(16)25-23(24)30)20(19)22(29)26(21)14-12-15-7-2-1-3-8-15/h1-5,7-10,18-20H,6,11-14H2,(H,25,30)/t18-,19+,20-,24+/m0/s1. The molecule has 0 aliphatic carbocycles. The van der Waals surface area contributed by atoms with Gasteiger partial charge in [0.15, 0.2) is 0 Å². The van der Waals surface area contributed by atoms with Crippen LogP contribution in [-0.4, -0.2) is 46.7 Å². The number of hydrogen-bond donors (Lipinski definition) is 1. The lowest BCUT2D eigenvalue weighted by Crippen LogP contribution is -2.54. The fraction of sp³-hybridized carbons (Fsp3) is 0.375. The third kappa shape index (κ3) is 2.09. The Kier molecular flexibility index (Phi) is 3.72. The number of benzene rings is 2. The van der Waals surface area contributed by atoms with Crippen molar-refractivity contribution in [2.24, 2.45) is 11.8 Å². The molecule has 0 radical (unpaired) electrons. The number of amides is 3. The molecule has 2 aromatic rings. The second-order valence-electron chi connectivity index (χ2n) is 8.74.